The summed E-state index contributed by atoms with van der Waals surface area (Å²) in [5.74, 6) is -0.752. The minimum Gasteiger partial charge on any atom is -0.507 e. The van der Waals surface area contributed by atoms with Gasteiger partial charge in [0.2, 0.25) is 11.6 Å². The molecule has 1 aromatic carbocycles. The Labute approximate surface area is 174 Å². The van der Waals surface area contributed by atoms with E-state index in [0.29, 0.717) is 24.2 Å². The van der Waals surface area contributed by atoms with Crippen LogP contribution in [0.2, 0.25) is 0 Å². The monoisotopic (exact) mass is 406 g/mol. The molecule has 0 unspecified atom stereocenters. The van der Waals surface area contributed by atoms with E-state index in [9.17, 15) is 14.7 Å². The number of Topliss-reactive ketones (excluding diaryl/α,β-unsaturated/α-hetero) is 1. The maximum Gasteiger partial charge on any atom is 0.235 e. The third-order valence-electron chi connectivity index (χ3n) is 5.60. The Morgan fingerprint density at radius 2 is 1.93 bits per heavy atom. The van der Waals surface area contributed by atoms with Gasteiger partial charge in [0.1, 0.15) is 5.75 Å². The first kappa shape index (κ1) is 20.1. The molecule has 0 radical (unpaired) electrons. The standard InChI is InChI=1S/C23H26N4O3/c1-24-10-8-14-20-16(5-7-18(29)23(20)30)26-21(14)15-4-6-17(28)19-13(9-11-27(2)3)12-25-22(15)19/h4-7,12,24-26,28H,8-11H2,1-3H3. The van der Waals surface area contributed by atoms with Gasteiger partial charge in [-0.2, -0.15) is 0 Å². The number of carbonyl (C=O) groups excluding carboxylic acids is 2. The summed E-state index contributed by atoms with van der Waals surface area (Å²) in [6, 6.07) is 3.54. The Morgan fingerprint density at radius 1 is 1.13 bits per heavy atom. The number of carbonyl (C=O) groups is 2. The second-order valence-electron chi connectivity index (χ2n) is 7.90. The SMILES string of the molecule is CNCCc1c(-c2ccc(O)c3c(CCN(C)C)c[nH]c23)[nH]c2c1C(=O)C(=O)C=C2. The van der Waals surface area contributed by atoms with Crippen molar-refractivity contribution in [2.75, 3.05) is 34.2 Å². The number of phenolic OH excluding ortho intramolecular Hbond substituents is 1. The number of benzene rings is 1. The van der Waals surface area contributed by atoms with Gasteiger partial charge in [-0.15, -0.1) is 0 Å². The van der Waals surface area contributed by atoms with Crippen molar-refractivity contribution in [2.24, 2.45) is 0 Å². The van der Waals surface area contributed by atoms with Crippen molar-refractivity contribution in [3.63, 3.8) is 0 Å². The van der Waals surface area contributed by atoms with Crippen LogP contribution in [0, 0.1) is 0 Å². The minimum atomic E-state index is -0.500. The highest BCUT2D eigenvalue weighted by Gasteiger charge is 2.29. The second kappa shape index (κ2) is 7.93. The van der Waals surface area contributed by atoms with Crippen LogP contribution in [0.3, 0.4) is 0 Å². The summed E-state index contributed by atoms with van der Waals surface area (Å²) in [7, 11) is 5.89. The van der Waals surface area contributed by atoms with Gasteiger partial charge in [0, 0.05) is 23.7 Å². The summed E-state index contributed by atoms with van der Waals surface area (Å²) < 4.78 is 0. The van der Waals surface area contributed by atoms with Crippen molar-refractivity contribution in [1.82, 2.24) is 20.2 Å². The van der Waals surface area contributed by atoms with Crippen LogP contribution in [-0.4, -0.2) is 65.8 Å². The van der Waals surface area contributed by atoms with Gasteiger partial charge >= 0.3 is 0 Å². The molecule has 4 N–H and O–H groups in total. The minimum absolute atomic E-state index is 0.225. The van der Waals surface area contributed by atoms with E-state index < -0.39 is 11.6 Å². The highest BCUT2D eigenvalue weighted by Crippen LogP contribution is 2.39. The van der Waals surface area contributed by atoms with Crippen LogP contribution in [0.25, 0.3) is 28.2 Å². The highest BCUT2D eigenvalue weighted by atomic mass is 16.3. The molecular weight excluding hydrogens is 380 g/mol. The summed E-state index contributed by atoms with van der Waals surface area (Å²) >= 11 is 0. The maximum absolute atomic E-state index is 12.6. The third kappa shape index (κ3) is 3.36. The molecule has 0 saturated carbocycles. The van der Waals surface area contributed by atoms with Gasteiger partial charge in [0.25, 0.3) is 0 Å². The normalized spacial score (nSPS) is 13.6. The lowest BCUT2D eigenvalue weighted by Crippen LogP contribution is -2.18. The molecule has 1 aliphatic carbocycles. The van der Waals surface area contributed by atoms with Crippen molar-refractivity contribution >= 4 is 28.5 Å². The number of nitrogens with zero attached hydrogens (tertiary/aromatic N) is 1. The third-order valence-corrected chi connectivity index (χ3v) is 5.60. The molecule has 0 aliphatic heterocycles. The zero-order chi connectivity index (χ0) is 21.4. The van der Waals surface area contributed by atoms with Gasteiger partial charge in [0.15, 0.2) is 0 Å². The number of H-pyrrole nitrogens is 2. The highest BCUT2D eigenvalue weighted by molar-refractivity contribution is 6.50. The molecule has 0 atom stereocenters. The molecule has 7 nitrogen and oxygen atoms in total. The summed E-state index contributed by atoms with van der Waals surface area (Å²) in [5, 5.41) is 14.5. The Kier molecular flexibility index (Phi) is 5.32. The van der Waals surface area contributed by atoms with Crippen LogP contribution in [0.1, 0.15) is 27.2 Å². The zero-order valence-corrected chi connectivity index (χ0v) is 17.4. The average Bonchev–Trinajstić information content (AvgIpc) is 3.30. The first-order valence-corrected chi connectivity index (χ1v) is 10.1. The van der Waals surface area contributed by atoms with Crippen LogP contribution < -0.4 is 5.32 Å². The van der Waals surface area contributed by atoms with Gasteiger partial charge in [0.05, 0.1) is 22.5 Å². The number of ketones is 2. The van der Waals surface area contributed by atoms with Crippen molar-refractivity contribution in [1.29, 1.82) is 0 Å². The fraction of sp³-hybridized carbons (Fsp3) is 0.304. The lowest BCUT2D eigenvalue weighted by atomic mass is 9.93. The van der Waals surface area contributed by atoms with Crippen molar-refractivity contribution < 1.29 is 14.7 Å². The maximum atomic E-state index is 12.6. The molecule has 0 bridgehead atoms. The first-order chi connectivity index (χ1) is 14.4. The predicted octanol–water partition coefficient (Wildman–Crippen LogP) is 2.51. The first-order valence-electron chi connectivity index (χ1n) is 10.1. The van der Waals surface area contributed by atoms with Gasteiger partial charge in [-0.1, -0.05) is 0 Å². The van der Waals surface area contributed by atoms with E-state index in [1.807, 2.05) is 33.4 Å². The molecule has 0 saturated heterocycles. The number of likely N-dealkylation sites (N-methyl/N-ethyl adjacent to an activating group) is 2. The van der Waals surface area contributed by atoms with E-state index >= 15 is 0 Å². The van der Waals surface area contributed by atoms with Crippen molar-refractivity contribution in [3.8, 4) is 17.0 Å². The topological polar surface area (TPSA) is 101 Å². The summed E-state index contributed by atoms with van der Waals surface area (Å²) in [5.41, 5.74) is 5.45. The Morgan fingerprint density at radius 3 is 2.67 bits per heavy atom. The Hall–Kier alpha value is -3.16. The Balaban J connectivity index is 1.90. The quantitative estimate of drug-likeness (QED) is 0.452. The number of aromatic hydroxyl groups is 1. The fourth-order valence-electron chi connectivity index (χ4n) is 4.08. The van der Waals surface area contributed by atoms with Gasteiger partial charge in [-0.3, -0.25) is 9.59 Å². The number of allylic oxidation sites excluding steroid dienone is 1. The van der Waals surface area contributed by atoms with Crippen LogP contribution >= 0.6 is 0 Å². The average molecular weight is 406 g/mol. The van der Waals surface area contributed by atoms with E-state index in [0.717, 1.165) is 46.3 Å². The number of rotatable bonds is 7. The van der Waals surface area contributed by atoms with E-state index in [2.05, 4.69) is 20.2 Å². The number of phenols is 1. The van der Waals surface area contributed by atoms with E-state index in [1.54, 1.807) is 12.1 Å². The lowest BCUT2D eigenvalue weighted by molar-refractivity contribution is -0.110. The molecule has 7 heteroatoms. The number of hydrogen-bond acceptors (Lipinski definition) is 5. The van der Waals surface area contributed by atoms with Gasteiger partial charge in [-0.05, 0) is 75.9 Å². The molecule has 2 heterocycles. The summed E-state index contributed by atoms with van der Waals surface area (Å²) in [6.45, 7) is 1.53. The Bertz CT molecular complexity index is 1170. The van der Waals surface area contributed by atoms with Crippen molar-refractivity contribution in [3.05, 3.63) is 46.8 Å². The summed E-state index contributed by atoms with van der Waals surface area (Å²) in [6.07, 6.45) is 6.31. The number of aromatic amines is 2. The predicted molar refractivity (Wildman–Crippen MR) is 118 cm³/mol. The number of fused-ring (bicyclic) bond motifs is 2. The molecule has 0 fully saturated rings. The molecule has 2 aromatic heterocycles. The zero-order valence-electron chi connectivity index (χ0n) is 17.4. The molecule has 30 heavy (non-hydrogen) atoms. The number of hydrogen-bond donors (Lipinski definition) is 4. The molecule has 1 aliphatic rings. The van der Waals surface area contributed by atoms with Gasteiger partial charge in [-0.25, -0.2) is 0 Å². The summed E-state index contributed by atoms with van der Waals surface area (Å²) in [4.78, 5) is 33.4. The van der Waals surface area contributed by atoms with Crippen molar-refractivity contribution in [2.45, 2.75) is 12.8 Å². The van der Waals surface area contributed by atoms with Crippen LogP contribution in [0.15, 0.2) is 24.4 Å². The van der Waals surface area contributed by atoms with Crippen LogP contribution in [0.5, 0.6) is 5.75 Å². The molecule has 156 valence electrons. The second-order valence-corrected chi connectivity index (χ2v) is 7.90. The van der Waals surface area contributed by atoms with Crippen LogP contribution in [0.4, 0.5) is 0 Å². The number of nitrogens with one attached hydrogen (secondary N) is 3. The molecule has 0 amide bonds. The molecule has 4 rings (SSSR count). The van der Waals surface area contributed by atoms with E-state index in [4.69, 9.17) is 0 Å². The lowest BCUT2D eigenvalue weighted by Gasteiger charge is -2.11. The van der Waals surface area contributed by atoms with E-state index in [-0.39, 0.29) is 5.75 Å². The number of aromatic nitrogens is 2. The molecule has 3 aromatic rings. The van der Waals surface area contributed by atoms with Gasteiger partial charge < -0.3 is 25.3 Å². The smallest absolute Gasteiger partial charge is 0.235 e. The van der Waals surface area contributed by atoms with Crippen LogP contribution in [-0.2, 0) is 17.6 Å². The molecular formula is C23H26N4O3. The van der Waals surface area contributed by atoms with E-state index in [1.165, 1.54) is 6.08 Å². The largest absolute Gasteiger partial charge is 0.507 e. The fourth-order valence-corrected chi connectivity index (χ4v) is 4.08. The molecule has 0 spiro atoms.